The molecule has 0 saturated heterocycles. The van der Waals surface area contributed by atoms with E-state index in [0.29, 0.717) is 24.5 Å². The first-order chi connectivity index (χ1) is 14.3. The van der Waals surface area contributed by atoms with E-state index < -0.39 is 11.7 Å². The maximum Gasteiger partial charge on any atom is 0.416 e. The third-order valence-electron chi connectivity index (χ3n) is 4.43. The highest BCUT2D eigenvalue weighted by Crippen LogP contribution is 2.30. The van der Waals surface area contributed by atoms with Gasteiger partial charge in [0.15, 0.2) is 0 Å². The minimum Gasteiger partial charge on any atom is -0.367 e. The molecule has 3 aromatic rings. The number of rotatable bonds is 8. The molecule has 4 nitrogen and oxygen atoms in total. The van der Waals surface area contributed by atoms with Crippen LogP contribution in [0.15, 0.2) is 47.2 Å². The number of hydrogen-bond donors (Lipinski definition) is 3. The second kappa shape index (κ2) is 9.40. The van der Waals surface area contributed by atoms with Crippen LogP contribution in [0.25, 0.3) is 11.3 Å². The van der Waals surface area contributed by atoms with E-state index in [1.807, 2.05) is 36.7 Å². The average Bonchev–Trinajstić information content (AvgIpc) is 3.22. The van der Waals surface area contributed by atoms with Crippen LogP contribution in [0.3, 0.4) is 0 Å². The number of alkyl halides is 3. The standard InChI is InChI=1S/C22H23F3N4S/c1-14(2)28-21-17(10-26)9-18(20(29-21)16-7-8-30-13-16)12-27-11-15-3-5-19(6-4-15)22(23,24)25/h3-10,13-14,26-27H,11-12H2,1-2H3,(H,28,29). The molecule has 0 aliphatic rings. The van der Waals surface area contributed by atoms with Crippen LogP contribution in [0.2, 0.25) is 0 Å². The summed E-state index contributed by atoms with van der Waals surface area (Å²) in [6.45, 7) is 4.92. The van der Waals surface area contributed by atoms with Crippen molar-refractivity contribution >= 4 is 23.4 Å². The molecular formula is C22H23F3N4S. The van der Waals surface area contributed by atoms with Crippen LogP contribution in [0.1, 0.15) is 36.1 Å². The second-order valence-corrected chi connectivity index (χ2v) is 7.97. The molecule has 0 aliphatic carbocycles. The van der Waals surface area contributed by atoms with Gasteiger partial charge in [-0.25, -0.2) is 4.98 Å². The zero-order chi connectivity index (χ0) is 21.7. The van der Waals surface area contributed by atoms with Gasteiger partial charge in [0.05, 0.1) is 11.3 Å². The average molecular weight is 433 g/mol. The Bertz CT molecular complexity index is 981. The molecule has 0 aliphatic heterocycles. The van der Waals surface area contributed by atoms with Crippen molar-refractivity contribution < 1.29 is 13.2 Å². The van der Waals surface area contributed by atoms with Gasteiger partial charge in [0.2, 0.25) is 0 Å². The molecule has 2 aromatic heterocycles. The largest absolute Gasteiger partial charge is 0.416 e. The van der Waals surface area contributed by atoms with Crippen molar-refractivity contribution in [3.63, 3.8) is 0 Å². The van der Waals surface area contributed by atoms with E-state index in [-0.39, 0.29) is 6.04 Å². The van der Waals surface area contributed by atoms with Crippen molar-refractivity contribution in [1.82, 2.24) is 10.3 Å². The molecule has 3 rings (SSSR count). The van der Waals surface area contributed by atoms with Gasteiger partial charge < -0.3 is 16.0 Å². The van der Waals surface area contributed by atoms with Gasteiger partial charge in [-0.3, -0.25) is 0 Å². The van der Waals surface area contributed by atoms with Gasteiger partial charge in [0, 0.05) is 41.9 Å². The monoisotopic (exact) mass is 432 g/mol. The Labute approximate surface area is 177 Å². The third kappa shape index (κ3) is 5.46. The Hall–Kier alpha value is -2.71. The molecular weight excluding hydrogens is 409 g/mol. The summed E-state index contributed by atoms with van der Waals surface area (Å²) in [5.41, 5.74) is 3.54. The number of anilines is 1. The molecule has 0 fully saturated rings. The molecule has 0 bridgehead atoms. The highest BCUT2D eigenvalue weighted by Gasteiger charge is 2.29. The van der Waals surface area contributed by atoms with E-state index in [4.69, 9.17) is 10.4 Å². The fourth-order valence-corrected chi connectivity index (χ4v) is 3.65. The van der Waals surface area contributed by atoms with E-state index >= 15 is 0 Å². The number of nitrogens with zero attached hydrogens (tertiary/aromatic N) is 1. The zero-order valence-corrected chi connectivity index (χ0v) is 17.5. The maximum absolute atomic E-state index is 12.7. The molecule has 1 aromatic carbocycles. The maximum atomic E-state index is 12.7. The number of nitrogens with one attached hydrogen (secondary N) is 3. The molecule has 30 heavy (non-hydrogen) atoms. The Kier molecular flexibility index (Phi) is 6.89. The summed E-state index contributed by atoms with van der Waals surface area (Å²) in [4.78, 5) is 4.77. The molecule has 0 saturated carbocycles. The van der Waals surface area contributed by atoms with Gasteiger partial charge in [0.25, 0.3) is 0 Å². The van der Waals surface area contributed by atoms with Gasteiger partial charge in [-0.05, 0) is 54.6 Å². The van der Waals surface area contributed by atoms with Crippen LogP contribution in [0, 0.1) is 5.41 Å². The van der Waals surface area contributed by atoms with E-state index in [1.165, 1.54) is 18.3 Å². The van der Waals surface area contributed by atoms with Crippen LogP contribution in [0.4, 0.5) is 19.0 Å². The molecule has 2 heterocycles. The number of hydrogen-bond acceptors (Lipinski definition) is 5. The molecule has 3 N–H and O–H groups in total. The third-order valence-corrected chi connectivity index (χ3v) is 5.12. The molecule has 8 heteroatoms. The SMILES string of the molecule is CC(C)Nc1nc(-c2ccsc2)c(CNCc2ccc(C(F)(F)F)cc2)cc1C=N. The van der Waals surface area contributed by atoms with Crippen molar-refractivity contribution in [1.29, 1.82) is 5.41 Å². The number of pyridine rings is 1. The molecule has 0 spiro atoms. The number of benzene rings is 1. The van der Waals surface area contributed by atoms with Gasteiger partial charge in [-0.15, -0.1) is 0 Å². The highest BCUT2D eigenvalue weighted by atomic mass is 32.1. The normalized spacial score (nSPS) is 11.7. The number of aromatic nitrogens is 1. The summed E-state index contributed by atoms with van der Waals surface area (Å²) in [6.07, 6.45) is -3.06. The lowest BCUT2D eigenvalue weighted by atomic mass is 10.1. The number of thiophene rings is 1. The zero-order valence-electron chi connectivity index (χ0n) is 16.7. The van der Waals surface area contributed by atoms with Crippen LogP contribution < -0.4 is 10.6 Å². The summed E-state index contributed by atoms with van der Waals surface area (Å²) in [5.74, 6) is 0.660. The Morgan fingerprint density at radius 1 is 1.13 bits per heavy atom. The Morgan fingerprint density at radius 3 is 2.43 bits per heavy atom. The van der Waals surface area contributed by atoms with Crippen molar-refractivity contribution in [2.24, 2.45) is 0 Å². The summed E-state index contributed by atoms with van der Waals surface area (Å²) in [5, 5.41) is 18.3. The number of halogens is 3. The first-order valence-corrected chi connectivity index (χ1v) is 10.4. The summed E-state index contributed by atoms with van der Waals surface area (Å²) in [7, 11) is 0. The van der Waals surface area contributed by atoms with E-state index in [1.54, 1.807) is 11.3 Å². The lowest BCUT2D eigenvalue weighted by molar-refractivity contribution is -0.137. The fraction of sp³-hybridized carbons (Fsp3) is 0.273. The first-order valence-electron chi connectivity index (χ1n) is 9.48. The molecule has 0 radical (unpaired) electrons. The molecule has 0 amide bonds. The molecule has 0 atom stereocenters. The predicted octanol–water partition coefficient (Wildman–Crippen LogP) is 5.94. The minimum atomic E-state index is -4.33. The van der Waals surface area contributed by atoms with E-state index in [0.717, 1.165) is 34.5 Å². The van der Waals surface area contributed by atoms with Crippen molar-refractivity contribution in [2.75, 3.05) is 5.32 Å². The van der Waals surface area contributed by atoms with Crippen LogP contribution in [-0.4, -0.2) is 17.2 Å². The topological polar surface area (TPSA) is 60.8 Å². The summed E-state index contributed by atoms with van der Waals surface area (Å²) < 4.78 is 38.1. The van der Waals surface area contributed by atoms with Crippen LogP contribution >= 0.6 is 11.3 Å². The highest BCUT2D eigenvalue weighted by molar-refractivity contribution is 7.08. The van der Waals surface area contributed by atoms with Crippen LogP contribution in [-0.2, 0) is 19.3 Å². The Balaban J connectivity index is 1.80. The van der Waals surface area contributed by atoms with Gasteiger partial charge in [-0.2, -0.15) is 24.5 Å². The molecule has 158 valence electrons. The second-order valence-electron chi connectivity index (χ2n) is 7.19. The summed E-state index contributed by atoms with van der Waals surface area (Å²) >= 11 is 1.58. The molecule has 0 unspecified atom stereocenters. The van der Waals surface area contributed by atoms with Crippen molar-refractivity contribution in [2.45, 2.75) is 39.2 Å². The van der Waals surface area contributed by atoms with E-state index in [2.05, 4.69) is 10.6 Å². The summed E-state index contributed by atoms with van der Waals surface area (Å²) in [6, 6.07) is 9.24. The van der Waals surface area contributed by atoms with Crippen molar-refractivity contribution in [3.05, 3.63) is 69.4 Å². The fourth-order valence-electron chi connectivity index (χ4n) is 3.01. The van der Waals surface area contributed by atoms with Gasteiger partial charge >= 0.3 is 6.18 Å². The van der Waals surface area contributed by atoms with Crippen LogP contribution in [0.5, 0.6) is 0 Å². The lowest BCUT2D eigenvalue weighted by Gasteiger charge is -2.17. The van der Waals surface area contributed by atoms with Gasteiger partial charge in [0.1, 0.15) is 5.82 Å². The first kappa shape index (κ1) is 22.0. The lowest BCUT2D eigenvalue weighted by Crippen LogP contribution is -2.17. The smallest absolute Gasteiger partial charge is 0.367 e. The Morgan fingerprint density at radius 2 is 1.87 bits per heavy atom. The minimum absolute atomic E-state index is 0.176. The quantitative estimate of drug-likeness (QED) is 0.386. The van der Waals surface area contributed by atoms with Gasteiger partial charge in [-0.1, -0.05) is 12.1 Å². The van der Waals surface area contributed by atoms with E-state index in [9.17, 15) is 13.2 Å². The van der Waals surface area contributed by atoms with Crippen molar-refractivity contribution in [3.8, 4) is 11.3 Å². The predicted molar refractivity (Wildman–Crippen MR) is 116 cm³/mol.